The molecule has 0 amide bonds. The maximum atomic E-state index is 7.50. The smallest absolute Gasteiger partial charge is 0.399 e. The van der Waals surface area contributed by atoms with Gasteiger partial charge in [-0.05, 0) is 33.8 Å². The summed E-state index contributed by atoms with van der Waals surface area (Å²) >= 11 is 0. The van der Waals surface area contributed by atoms with E-state index < -0.39 is 32.3 Å². The molecule has 0 bridgehead atoms. The zero-order valence-corrected chi connectivity index (χ0v) is 11.0. The third-order valence-corrected chi connectivity index (χ3v) is 3.53. The lowest BCUT2D eigenvalue weighted by Gasteiger charge is -2.32. The van der Waals surface area contributed by atoms with Crippen LogP contribution >= 0.6 is 0 Å². The number of hydrogen-bond donors (Lipinski definition) is 0. The van der Waals surface area contributed by atoms with E-state index in [0.717, 1.165) is 0 Å². The van der Waals surface area contributed by atoms with Crippen LogP contribution in [0.1, 0.15) is 35.9 Å². The summed E-state index contributed by atoms with van der Waals surface area (Å²) in [5.74, 6) is 0. The minimum absolute atomic E-state index is 0.0396. The van der Waals surface area contributed by atoms with Gasteiger partial charge in [0.05, 0.1) is 23.1 Å². The molecular formula is C13H21BN2O2. The lowest BCUT2D eigenvalue weighted by atomic mass is 9.80. The molecule has 0 atom stereocenters. The Hall–Kier alpha value is -1.07. The molecule has 1 aromatic heterocycles. The van der Waals surface area contributed by atoms with Crippen molar-refractivity contribution in [1.82, 2.24) is 4.98 Å². The van der Waals surface area contributed by atoms with Crippen LogP contribution in [0.25, 0.3) is 0 Å². The van der Waals surface area contributed by atoms with Crippen molar-refractivity contribution in [3.05, 3.63) is 18.5 Å². The summed E-state index contributed by atoms with van der Waals surface area (Å²) in [5.41, 5.74) is -0.713. The SMILES string of the molecule is [2H]C([2H])([2H])N(c1cncc(B2OC(C)(C)C(C)(C)O2)c1)C([2H])([2H])[2H]. The molecule has 2 heterocycles. The van der Waals surface area contributed by atoms with Crippen molar-refractivity contribution in [1.29, 1.82) is 0 Å². The number of pyridine rings is 1. The van der Waals surface area contributed by atoms with Gasteiger partial charge < -0.3 is 14.2 Å². The first-order chi connectivity index (χ1) is 10.7. The number of anilines is 1. The van der Waals surface area contributed by atoms with E-state index in [-0.39, 0.29) is 5.69 Å². The Morgan fingerprint density at radius 3 is 2.33 bits per heavy atom. The van der Waals surface area contributed by atoms with E-state index in [0.29, 0.717) is 10.4 Å². The molecule has 4 nitrogen and oxygen atoms in total. The van der Waals surface area contributed by atoms with Crippen molar-refractivity contribution in [2.75, 3.05) is 18.9 Å². The van der Waals surface area contributed by atoms with E-state index in [4.69, 9.17) is 17.5 Å². The molecule has 1 fully saturated rings. The van der Waals surface area contributed by atoms with Gasteiger partial charge in [-0.3, -0.25) is 4.98 Å². The van der Waals surface area contributed by atoms with E-state index >= 15 is 0 Å². The van der Waals surface area contributed by atoms with Gasteiger partial charge in [-0.1, -0.05) is 0 Å². The average molecular weight is 254 g/mol. The molecular weight excluding hydrogens is 227 g/mol. The van der Waals surface area contributed by atoms with Crippen LogP contribution in [-0.4, -0.2) is 37.3 Å². The van der Waals surface area contributed by atoms with Gasteiger partial charge in [0.25, 0.3) is 0 Å². The Kier molecular flexibility index (Phi) is 1.77. The van der Waals surface area contributed by atoms with Gasteiger partial charge in [0.2, 0.25) is 0 Å². The molecule has 5 heteroatoms. The maximum Gasteiger partial charge on any atom is 0.496 e. The zero-order valence-electron chi connectivity index (χ0n) is 17.0. The molecule has 1 saturated heterocycles. The molecule has 0 aliphatic carbocycles. The normalized spacial score (nSPS) is 27.4. The molecule has 0 spiro atoms. The number of nitrogens with zero attached hydrogens (tertiary/aromatic N) is 2. The third-order valence-electron chi connectivity index (χ3n) is 3.53. The molecule has 1 aromatic rings. The summed E-state index contributed by atoms with van der Waals surface area (Å²) in [4.78, 5) is 4.36. The maximum absolute atomic E-state index is 7.50. The van der Waals surface area contributed by atoms with Gasteiger partial charge in [0.15, 0.2) is 0 Å². The van der Waals surface area contributed by atoms with Crippen LogP contribution in [0.5, 0.6) is 0 Å². The Morgan fingerprint density at radius 2 is 1.78 bits per heavy atom. The summed E-state index contributed by atoms with van der Waals surface area (Å²) in [7, 11) is -0.752. The molecule has 0 saturated carbocycles. The van der Waals surface area contributed by atoms with Gasteiger partial charge in [0, 0.05) is 33.8 Å². The van der Waals surface area contributed by atoms with Crippen LogP contribution in [0.3, 0.4) is 0 Å². The highest BCUT2D eigenvalue weighted by Crippen LogP contribution is 2.36. The van der Waals surface area contributed by atoms with Crippen molar-refractivity contribution >= 4 is 18.3 Å². The standard InChI is InChI=1S/C13H21BN2O2/c1-12(2)13(3,4)18-14(17-12)10-7-11(16(5)6)9-15-8-10/h7-9H,1-6H3/i5D3,6D3. The lowest BCUT2D eigenvalue weighted by molar-refractivity contribution is 0.00578. The monoisotopic (exact) mass is 254 g/mol. The van der Waals surface area contributed by atoms with Gasteiger partial charge >= 0.3 is 7.12 Å². The summed E-state index contributed by atoms with van der Waals surface area (Å²) in [6, 6.07) is 1.42. The molecule has 98 valence electrons. The first-order valence-corrected chi connectivity index (χ1v) is 5.76. The fourth-order valence-corrected chi connectivity index (χ4v) is 1.68. The molecule has 2 rings (SSSR count). The average Bonchev–Trinajstić information content (AvgIpc) is 2.55. The number of hydrogen-bond acceptors (Lipinski definition) is 4. The molecule has 1 aliphatic rings. The van der Waals surface area contributed by atoms with E-state index in [1.807, 2.05) is 27.7 Å². The predicted molar refractivity (Wildman–Crippen MR) is 74.3 cm³/mol. The highest BCUT2D eigenvalue weighted by molar-refractivity contribution is 6.62. The Balaban J connectivity index is 2.40. The largest absolute Gasteiger partial charge is 0.496 e. The molecule has 0 aromatic carbocycles. The van der Waals surface area contributed by atoms with Crippen LogP contribution in [0, 0.1) is 0 Å². The summed E-state index contributed by atoms with van der Waals surface area (Å²) in [5, 5.41) is 0. The van der Waals surface area contributed by atoms with Crippen LogP contribution in [-0.2, 0) is 9.31 Å². The first kappa shape index (κ1) is 7.51. The Bertz CT molecular complexity index is 587. The van der Waals surface area contributed by atoms with E-state index in [1.54, 1.807) is 0 Å². The highest BCUT2D eigenvalue weighted by Gasteiger charge is 2.51. The van der Waals surface area contributed by atoms with E-state index in [9.17, 15) is 0 Å². The molecule has 0 radical (unpaired) electrons. The first-order valence-electron chi connectivity index (χ1n) is 8.76. The summed E-state index contributed by atoms with van der Waals surface area (Å²) in [6.07, 6.45) is 2.68. The van der Waals surface area contributed by atoms with Crippen LogP contribution in [0.4, 0.5) is 5.69 Å². The van der Waals surface area contributed by atoms with E-state index in [2.05, 4.69) is 4.98 Å². The van der Waals surface area contributed by atoms with Crippen LogP contribution in [0.15, 0.2) is 18.5 Å². The van der Waals surface area contributed by atoms with Gasteiger partial charge in [-0.25, -0.2) is 0 Å². The Labute approximate surface area is 118 Å². The highest BCUT2D eigenvalue weighted by atomic mass is 16.7. The Morgan fingerprint density at radius 1 is 1.17 bits per heavy atom. The second kappa shape index (κ2) is 4.25. The van der Waals surface area contributed by atoms with Crippen molar-refractivity contribution in [2.24, 2.45) is 0 Å². The summed E-state index contributed by atoms with van der Waals surface area (Å²) < 4.78 is 56.8. The molecule has 0 N–H and O–H groups in total. The predicted octanol–water partition coefficient (Wildman–Crippen LogP) is 1.45. The van der Waals surface area contributed by atoms with Gasteiger partial charge in [0.1, 0.15) is 0 Å². The second-order valence-electron chi connectivity index (χ2n) is 5.40. The van der Waals surface area contributed by atoms with Crippen molar-refractivity contribution in [3.63, 3.8) is 0 Å². The summed E-state index contributed by atoms with van der Waals surface area (Å²) in [6.45, 7) is 1.90. The number of rotatable bonds is 2. The second-order valence-corrected chi connectivity index (χ2v) is 5.40. The quantitative estimate of drug-likeness (QED) is 0.748. The van der Waals surface area contributed by atoms with Crippen molar-refractivity contribution in [2.45, 2.75) is 38.9 Å². The van der Waals surface area contributed by atoms with Crippen molar-refractivity contribution in [3.8, 4) is 0 Å². The molecule has 18 heavy (non-hydrogen) atoms. The minimum atomic E-state index is -2.83. The molecule has 1 aliphatic heterocycles. The van der Waals surface area contributed by atoms with Crippen LogP contribution in [0.2, 0.25) is 0 Å². The lowest BCUT2D eigenvalue weighted by Crippen LogP contribution is -2.41. The fourth-order valence-electron chi connectivity index (χ4n) is 1.68. The zero-order chi connectivity index (χ0) is 18.6. The van der Waals surface area contributed by atoms with Crippen LogP contribution < -0.4 is 10.4 Å². The van der Waals surface area contributed by atoms with Gasteiger partial charge in [-0.15, -0.1) is 0 Å². The third kappa shape index (κ3) is 2.25. The van der Waals surface area contributed by atoms with Gasteiger partial charge in [-0.2, -0.15) is 0 Å². The number of aromatic nitrogens is 1. The van der Waals surface area contributed by atoms with Crippen molar-refractivity contribution < 1.29 is 17.5 Å². The van der Waals surface area contributed by atoms with E-state index in [1.165, 1.54) is 18.5 Å². The fraction of sp³-hybridized carbons (Fsp3) is 0.615. The minimum Gasteiger partial charge on any atom is -0.399 e. The molecule has 0 unspecified atom stereocenters. The topological polar surface area (TPSA) is 34.6 Å².